The highest BCUT2D eigenvalue weighted by molar-refractivity contribution is 7.22. The van der Waals surface area contributed by atoms with Crippen LogP contribution in [0.25, 0.3) is 10.2 Å². The van der Waals surface area contributed by atoms with Gasteiger partial charge >= 0.3 is 0 Å². The summed E-state index contributed by atoms with van der Waals surface area (Å²) in [6.07, 6.45) is 0. The average molecular weight is 446 g/mol. The second kappa shape index (κ2) is 9.75. The Kier molecular flexibility index (Phi) is 6.84. The highest BCUT2D eigenvalue weighted by Crippen LogP contribution is 2.32. The van der Waals surface area contributed by atoms with Crippen molar-refractivity contribution in [1.82, 2.24) is 9.88 Å². The average Bonchev–Trinajstić information content (AvgIpc) is 3.18. The van der Waals surface area contributed by atoms with Crippen LogP contribution in [0.5, 0.6) is 5.75 Å². The molecule has 0 unspecified atom stereocenters. The van der Waals surface area contributed by atoms with Gasteiger partial charge in [-0.2, -0.15) is 0 Å². The first kappa shape index (κ1) is 21.1. The number of anilines is 1. The minimum Gasteiger partial charge on any atom is -0.494 e. The van der Waals surface area contributed by atoms with E-state index in [0.717, 1.165) is 48.8 Å². The van der Waals surface area contributed by atoms with E-state index in [2.05, 4.69) is 4.90 Å². The Morgan fingerprint density at radius 3 is 2.73 bits per heavy atom. The summed E-state index contributed by atoms with van der Waals surface area (Å²) in [6.45, 7) is 7.10. The molecule has 1 amide bonds. The van der Waals surface area contributed by atoms with Gasteiger partial charge < -0.3 is 9.47 Å². The molecule has 158 valence electrons. The highest BCUT2D eigenvalue weighted by atomic mass is 35.5. The van der Waals surface area contributed by atoms with Crippen molar-refractivity contribution in [3.8, 4) is 5.75 Å². The van der Waals surface area contributed by atoms with Gasteiger partial charge in [-0.25, -0.2) is 4.98 Å². The highest BCUT2D eigenvalue weighted by Gasteiger charge is 2.23. The van der Waals surface area contributed by atoms with E-state index in [4.69, 9.17) is 26.1 Å². The Balaban J connectivity index is 1.62. The molecule has 3 aromatic rings. The number of morpholine rings is 1. The molecule has 0 N–H and O–H groups in total. The second-order valence-electron chi connectivity index (χ2n) is 6.98. The molecule has 2 aromatic carbocycles. The van der Waals surface area contributed by atoms with Crippen LogP contribution in [-0.4, -0.2) is 61.8 Å². The van der Waals surface area contributed by atoms with Crippen LogP contribution < -0.4 is 9.64 Å². The Morgan fingerprint density at radius 2 is 2.00 bits per heavy atom. The van der Waals surface area contributed by atoms with Gasteiger partial charge in [0.15, 0.2) is 5.13 Å². The van der Waals surface area contributed by atoms with E-state index in [9.17, 15) is 4.79 Å². The van der Waals surface area contributed by atoms with Gasteiger partial charge in [-0.1, -0.05) is 22.9 Å². The van der Waals surface area contributed by atoms with Gasteiger partial charge in [-0.15, -0.1) is 0 Å². The van der Waals surface area contributed by atoms with Crippen LogP contribution in [0.4, 0.5) is 5.13 Å². The summed E-state index contributed by atoms with van der Waals surface area (Å²) < 4.78 is 12.0. The molecule has 0 saturated carbocycles. The predicted octanol–water partition coefficient (Wildman–Crippen LogP) is 4.33. The Morgan fingerprint density at radius 1 is 1.23 bits per heavy atom. The van der Waals surface area contributed by atoms with Gasteiger partial charge in [-0.3, -0.25) is 14.6 Å². The first-order valence-corrected chi connectivity index (χ1v) is 11.2. The fraction of sp³-hybridized carbons (Fsp3) is 0.364. The van der Waals surface area contributed by atoms with Gasteiger partial charge in [0, 0.05) is 36.8 Å². The monoisotopic (exact) mass is 445 g/mol. The minimum absolute atomic E-state index is 0.0796. The lowest BCUT2D eigenvalue weighted by Gasteiger charge is -2.29. The van der Waals surface area contributed by atoms with Crippen molar-refractivity contribution >= 4 is 44.2 Å². The zero-order chi connectivity index (χ0) is 20.9. The molecule has 0 radical (unpaired) electrons. The van der Waals surface area contributed by atoms with Gasteiger partial charge in [0.2, 0.25) is 0 Å². The summed E-state index contributed by atoms with van der Waals surface area (Å²) in [5.74, 6) is 0.730. The first-order chi connectivity index (χ1) is 14.6. The number of hydrogen-bond acceptors (Lipinski definition) is 6. The number of carbonyl (C=O) groups excluding carboxylic acids is 1. The van der Waals surface area contributed by atoms with Crippen molar-refractivity contribution in [1.29, 1.82) is 0 Å². The lowest BCUT2D eigenvalue weighted by Crippen LogP contribution is -2.43. The molecule has 4 rings (SSSR count). The van der Waals surface area contributed by atoms with E-state index in [1.54, 1.807) is 29.2 Å². The smallest absolute Gasteiger partial charge is 0.260 e. The number of benzene rings is 2. The Bertz CT molecular complexity index is 1000. The quantitative estimate of drug-likeness (QED) is 0.542. The molecule has 0 aliphatic carbocycles. The van der Waals surface area contributed by atoms with E-state index in [1.807, 2.05) is 25.1 Å². The van der Waals surface area contributed by atoms with Crippen molar-refractivity contribution in [2.24, 2.45) is 0 Å². The third-order valence-corrected chi connectivity index (χ3v) is 6.26. The van der Waals surface area contributed by atoms with E-state index in [-0.39, 0.29) is 5.91 Å². The lowest BCUT2D eigenvalue weighted by molar-refractivity contribution is 0.0391. The zero-order valence-corrected chi connectivity index (χ0v) is 18.4. The summed E-state index contributed by atoms with van der Waals surface area (Å²) in [4.78, 5) is 22.2. The maximum atomic E-state index is 13.4. The number of aromatic nitrogens is 1. The normalized spacial score (nSPS) is 14.7. The summed E-state index contributed by atoms with van der Waals surface area (Å²) in [5.41, 5.74) is 1.45. The molecule has 1 aliphatic heterocycles. The van der Waals surface area contributed by atoms with Crippen molar-refractivity contribution in [3.63, 3.8) is 0 Å². The number of thiazole rings is 1. The number of ether oxygens (including phenoxy) is 2. The van der Waals surface area contributed by atoms with Crippen LogP contribution in [0.15, 0.2) is 42.5 Å². The third kappa shape index (κ3) is 4.92. The molecule has 0 atom stereocenters. The maximum Gasteiger partial charge on any atom is 0.260 e. The fourth-order valence-corrected chi connectivity index (χ4v) is 4.51. The predicted molar refractivity (Wildman–Crippen MR) is 121 cm³/mol. The van der Waals surface area contributed by atoms with Crippen molar-refractivity contribution in [2.45, 2.75) is 6.92 Å². The molecule has 1 aromatic heterocycles. The fourth-order valence-electron chi connectivity index (χ4n) is 3.36. The molecule has 6 nitrogen and oxygen atoms in total. The van der Waals surface area contributed by atoms with Crippen LogP contribution in [0.1, 0.15) is 17.3 Å². The summed E-state index contributed by atoms with van der Waals surface area (Å²) >= 11 is 7.51. The second-order valence-corrected chi connectivity index (χ2v) is 8.42. The summed E-state index contributed by atoms with van der Waals surface area (Å²) in [7, 11) is 0. The Labute approximate surface area is 185 Å². The molecular formula is C22H24ClN3O3S. The van der Waals surface area contributed by atoms with Gasteiger partial charge in [0.25, 0.3) is 5.91 Å². The number of carbonyl (C=O) groups is 1. The SMILES string of the molecule is CCOc1ccc2nc(N(CCN3CCOCC3)C(=O)c3ccc(Cl)cc3)sc2c1. The molecule has 1 aliphatic rings. The van der Waals surface area contributed by atoms with Crippen LogP contribution >= 0.6 is 22.9 Å². The molecule has 1 fully saturated rings. The maximum absolute atomic E-state index is 13.4. The van der Waals surface area contributed by atoms with E-state index in [1.165, 1.54) is 11.3 Å². The number of amides is 1. The molecule has 0 spiro atoms. The van der Waals surface area contributed by atoms with Crippen molar-refractivity contribution in [3.05, 3.63) is 53.1 Å². The number of halogens is 1. The number of nitrogens with zero attached hydrogens (tertiary/aromatic N) is 3. The standard InChI is InChI=1S/C22H24ClN3O3S/c1-2-29-18-7-8-19-20(15-18)30-22(24-19)26(10-9-25-11-13-28-14-12-25)21(27)16-3-5-17(23)6-4-16/h3-8,15H,2,9-14H2,1H3. The minimum atomic E-state index is -0.0796. The van der Waals surface area contributed by atoms with Crippen LogP contribution in [-0.2, 0) is 4.74 Å². The number of fused-ring (bicyclic) bond motifs is 1. The topological polar surface area (TPSA) is 54.9 Å². The van der Waals surface area contributed by atoms with Crippen LogP contribution in [0.3, 0.4) is 0 Å². The molecule has 0 bridgehead atoms. The lowest BCUT2D eigenvalue weighted by atomic mass is 10.2. The Hall–Kier alpha value is -2.19. The molecule has 1 saturated heterocycles. The third-order valence-electron chi connectivity index (χ3n) is 4.97. The van der Waals surface area contributed by atoms with Crippen molar-refractivity contribution < 1.29 is 14.3 Å². The first-order valence-electron chi connectivity index (χ1n) is 10.0. The van der Waals surface area contributed by atoms with Crippen molar-refractivity contribution in [2.75, 3.05) is 50.9 Å². The number of rotatable bonds is 7. The summed E-state index contributed by atoms with van der Waals surface area (Å²) in [5, 5.41) is 1.29. The van der Waals surface area contributed by atoms with E-state index in [0.29, 0.717) is 28.9 Å². The number of hydrogen-bond donors (Lipinski definition) is 0. The molecular weight excluding hydrogens is 422 g/mol. The van der Waals surface area contributed by atoms with Crippen LogP contribution in [0.2, 0.25) is 5.02 Å². The summed E-state index contributed by atoms with van der Waals surface area (Å²) in [6, 6.07) is 12.8. The van der Waals surface area contributed by atoms with E-state index < -0.39 is 0 Å². The molecule has 30 heavy (non-hydrogen) atoms. The van der Waals surface area contributed by atoms with Gasteiger partial charge in [0.1, 0.15) is 5.75 Å². The van der Waals surface area contributed by atoms with Gasteiger partial charge in [-0.05, 0) is 49.4 Å². The van der Waals surface area contributed by atoms with E-state index >= 15 is 0 Å². The van der Waals surface area contributed by atoms with Gasteiger partial charge in [0.05, 0.1) is 30.0 Å². The zero-order valence-electron chi connectivity index (χ0n) is 16.8. The molecule has 8 heteroatoms. The van der Waals surface area contributed by atoms with Crippen LogP contribution in [0, 0.1) is 0 Å². The molecule has 2 heterocycles. The largest absolute Gasteiger partial charge is 0.494 e.